The van der Waals surface area contributed by atoms with E-state index in [9.17, 15) is 14.4 Å². The molecule has 0 aliphatic heterocycles. The van der Waals surface area contributed by atoms with E-state index in [1.165, 1.54) is 20.4 Å². The molecule has 0 unspecified atom stereocenters. The summed E-state index contributed by atoms with van der Waals surface area (Å²) in [6.07, 6.45) is 1.06. The van der Waals surface area contributed by atoms with Crippen LogP contribution in [0.1, 0.15) is 11.3 Å². The van der Waals surface area contributed by atoms with Crippen LogP contribution in [0.4, 0.5) is 0 Å². The van der Waals surface area contributed by atoms with Gasteiger partial charge in [0.15, 0.2) is 0 Å². The summed E-state index contributed by atoms with van der Waals surface area (Å²) < 4.78 is 10.3. The number of nitrogens with one attached hydrogen (secondary N) is 3. The summed E-state index contributed by atoms with van der Waals surface area (Å²) in [5, 5.41) is 9.34. The quantitative estimate of drug-likeness (QED) is 0.466. The van der Waals surface area contributed by atoms with Crippen LogP contribution in [0.5, 0.6) is 11.5 Å². The Hall–Kier alpha value is -3.43. The van der Waals surface area contributed by atoms with Gasteiger partial charge >= 0.3 is 5.69 Å². The predicted octanol–water partition coefficient (Wildman–Crippen LogP) is -0.832. The average Bonchev–Trinajstić information content (AvgIpc) is 2.57. The number of methoxy groups -OCH3 is 2. The second-order valence-electron chi connectivity index (χ2n) is 4.53. The Kier molecular flexibility index (Phi) is 5.45. The molecule has 0 saturated carbocycles. The number of amides is 1. The predicted molar refractivity (Wildman–Crippen MR) is 84.5 cm³/mol. The van der Waals surface area contributed by atoms with Crippen LogP contribution in [0.2, 0.25) is 0 Å². The number of aromatic amines is 2. The third kappa shape index (κ3) is 4.29. The standard InChI is InChI=1S/C14H15N5O5/c1-23-9-4-3-8(11(5-9)24-2)7-15-18-12(20)6-10-13(21)16-14(22)19-17-10/h3-5,7H,6H2,1-2H3,(H,18,20)(H2,16,19,21,22)/b15-7-. The van der Waals surface area contributed by atoms with E-state index in [-0.39, 0.29) is 12.1 Å². The number of nitrogens with zero attached hydrogens (tertiary/aromatic N) is 2. The number of ether oxygens (including phenoxy) is 2. The number of hydrogen-bond donors (Lipinski definition) is 3. The lowest BCUT2D eigenvalue weighted by atomic mass is 10.2. The first kappa shape index (κ1) is 16.9. The molecule has 0 atom stereocenters. The van der Waals surface area contributed by atoms with Crippen LogP contribution in [-0.4, -0.2) is 41.5 Å². The Bertz CT molecular complexity index is 870. The summed E-state index contributed by atoms with van der Waals surface area (Å²) >= 11 is 0. The second-order valence-corrected chi connectivity index (χ2v) is 4.53. The van der Waals surface area contributed by atoms with Crippen LogP contribution in [-0.2, 0) is 11.2 Å². The number of aromatic nitrogens is 3. The van der Waals surface area contributed by atoms with Crippen LogP contribution < -0.4 is 26.1 Å². The molecule has 2 rings (SSSR count). The molecule has 24 heavy (non-hydrogen) atoms. The molecule has 10 nitrogen and oxygen atoms in total. The molecule has 0 aliphatic rings. The van der Waals surface area contributed by atoms with E-state index in [0.717, 1.165) is 0 Å². The number of hydrazone groups is 1. The normalized spacial score (nSPS) is 10.6. The van der Waals surface area contributed by atoms with E-state index in [1.807, 2.05) is 10.1 Å². The smallest absolute Gasteiger partial charge is 0.342 e. The zero-order chi connectivity index (χ0) is 17.5. The molecule has 1 aromatic heterocycles. The van der Waals surface area contributed by atoms with Crippen molar-refractivity contribution in [3.05, 3.63) is 50.3 Å². The van der Waals surface area contributed by atoms with Crippen molar-refractivity contribution in [2.24, 2.45) is 5.10 Å². The van der Waals surface area contributed by atoms with Gasteiger partial charge in [0, 0.05) is 11.6 Å². The SMILES string of the molecule is COc1ccc(/C=N\NC(=O)Cc2n[nH]c(=O)[nH]c2=O)c(OC)c1. The minimum absolute atomic E-state index is 0.121. The molecule has 0 radical (unpaired) electrons. The van der Waals surface area contributed by atoms with Gasteiger partial charge < -0.3 is 9.47 Å². The number of H-pyrrole nitrogens is 2. The van der Waals surface area contributed by atoms with Crippen molar-refractivity contribution in [3.8, 4) is 11.5 Å². The van der Waals surface area contributed by atoms with Crippen LogP contribution in [0.15, 0.2) is 32.9 Å². The third-order valence-electron chi connectivity index (χ3n) is 2.94. The fourth-order valence-electron chi connectivity index (χ4n) is 1.78. The van der Waals surface area contributed by atoms with E-state index in [4.69, 9.17) is 9.47 Å². The molecule has 1 amide bonds. The van der Waals surface area contributed by atoms with Crippen molar-refractivity contribution < 1.29 is 14.3 Å². The highest BCUT2D eigenvalue weighted by Gasteiger charge is 2.08. The number of carbonyl (C=O) groups excluding carboxylic acids is 1. The molecule has 2 aromatic rings. The first-order valence-electron chi connectivity index (χ1n) is 6.75. The number of benzene rings is 1. The van der Waals surface area contributed by atoms with Crippen molar-refractivity contribution in [2.75, 3.05) is 14.2 Å². The largest absolute Gasteiger partial charge is 0.497 e. The molecule has 1 aromatic carbocycles. The Morgan fingerprint density at radius 2 is 2.12 bits per heavy atom. The van der Waals surface area contributed by atoms with Crippen molar-refractivity contribution >= 4 is 12.1 Å². The fourth-order valence-corrected chi connectivity index (χ4v) is 1.78. The first-order chi connectivity index (χ1) is 11.5. The fraction of sp³-hybridized carbons (Fsp3) is 0.214. The van der Waals surface area contributed by atoms with Gasteiger partial charge in [-0.2, -0.15) is 10.2 Å². The molecule has 0 fully saturated rings. The lowest BCUT2D eigenvalue weighted by Gasteiger charge is -2.06. The summed E-state index contributed by atoms with van der Waals surface area (Å²) in [5.41, 5.74) is 1.29. The topological polar surface area (TPSA) is 139 Å². The molecule has 126 valence electrons. The monoisotopic (exact) mass is 333 g/mol. The van der Waals surface area contributed by atoms with Crippen LogP contribution in [0.25, 0.3) is 0 Å². The van der Waals surface area contributed by atoms with Gasteiger partial charge in [-0.05, 0) is 12.1 Å². The van der Waals surface area contributed by atoms with Crippen LogP contribution >= 0.6 is 0 Å². The molecule has 10 heteroatoms. The maximum absolute atomic E-state index is 11.7. The van der Waals surface area contributed by atoms with Crippen molar-refractivity contribution in [1.82, 2.24) is 20.6 Å². The van der Waals surface area contributed by atoms with Gasteiger partial charge in [-0.3, -0.25) is 14.6 Å². The highest BCUT2D eigenvalue weighted by atomic mass is 16.5. The molecule has 0 spiro atoms. The molecule has 3 N–H and O–H groups in total. The maximum atomic E-state index is 11.7. The number of rotatable bonds is 6. The van der Waals surface area contributed by atoms with E-state index < -0.39 is 17.2 Å². The zero-order valence-corrected chi connectivity index (χ0v) is 13.0. The Labute approximate surface area is 135 Å². The molecule has 0 saturated heterocycles. The van der Waals surface area contributed by atoms with E-state index >= 15 is 0 Å². The van der Waals surface area contributed by atoms with Gasteiger partial charge in [0.05, 0.1) is 26.9 Å². The molecular formula is C14H15N5O5. The van der Waals surface area contributed by atoms with Gasteiger partial charge in [0.25, 0.3) is 5.56 Å². The summed E-state index contributed by atoms with van der Waals surface area (Å²) in [7, 11) is 3.04. The average molecular weight is 333 g/mol. The van der Waals surface area contributed by atoms with E-state index in [0.29, 0.717) is 17.1 Å². The minimum Gasteiger partial charge on any atom is -0.497 e. The third-order valence-corrected chi connectivity index (χ3v) is 2.94. The van der Waals surface area contributed by atoms with Gasteiger partial charge in [0.2, 0.25) is 5.91 Å². The Balaban J connectivity index is 2.02. The molecule has 0 aliphatic carbocycles. The van der Waals surface area contributed by atoms with Crippen molar-refractivity contribution in [1.29, 1.82) is 0 Å². The molecule has 1 heterocycles. The minimum atomic E-state index is -0.742. The van der Waals surface area contributed by atoms with Gasteiger partial charge in [0.1, 0.15) is 17.2 Å². The van der Waals surface area contributed by atoms with Crippen molar-refractivity contribution in [3.63, 3.8) is 0 Å². The first-order valence-corrected chi connectivity index (χ1v) is 6.75. The lowest BCUT2D eigenvalue weighted by Crippen LogP contribution is -2.31. The number of carbonyl (C=O) groups is 1. The summed E-state index contributed by atoms with van der Waals surface area (Å²) in [6, 6.07) is 5.10. The van der Waals surface area contributed by atoms with Crippen molar-refractivity contribution in [2.45, 2.75) is 6.42 Å². The maximum Gasteiger partial charge on any atom is 0.342 e. The zero-order valence-electron chi connectivity index (χ0n) is 13.0. The highest BCUT2D eigenvalue weighted by molar-refractivity contribution is 5.85. The summed E-state index contributed by atoms with van der Waals surface area (Å²) in [4.78, 5) is 36.0. The van der Waals surface area contributed by atoms with Crippen LogP contribution in [0.3, 0.4) is 0 Å². The van der Waals surface area contributed by atoms with Gasteiger partial charge in [-0.15, -0.1) is 0 Å². The van der Waals surface area contributed by atoms with Gasteiger partial charge in [-0.1, -0.05) is 0 Å². The number of hydrogen-bond acceptors (Lipinski definition) is 7. The highest BCUT2D eigenvalue weighted by Crippen LogP contribution is 2.22. The van der Waals surface area contributed by atoms with Crippen LogP contribution in [0, 0.1) is 0 Å². The summed E-state index contributed by atoms with van der Waals surface area (Å²) in [5.74, 6) is 0.575. The molecular weight excluding hydrogens is 318 g/mol. The van der Waals surface area contributed by atoms with E-state index in [2.05, 4.69) is 15.6 Å². The lowest BCUT2D eigenvalue weighted by molar-refractivity contribution is -0.120. The Morgan fingerprint density at radius 3 is 2.79 bits per heavy atom. The van der Waals surface area contributed by atoms with Gasteiger partial charge in [-0.25, -0.2) is 15.3 Å². The Morgan fingerprint density at radius 1 is 1.33 bits per heavy atom. The summed E-state index contributed by atoms with van der Waals surface area (Å²) in [6.45, 7) is 0. The molecule has 0 bridgehead atoms. The van der Waals surface area contributed by atoms with E-state index in [1.54, 1.807) is 18.2 Å². The second kappa shape index (κ2) is 7.72.